The number of carbonyl (C=O) groups is 5. The smallest absolute Gasteiger partial charge is 0.326 e. The second-order valence-electron chi connectivity index (χ2n) is 13.6. The third-order valence-corrected chi connectivity index (χ3v) is 9.52. The molecular weight excluding hydrogens is 711 g/mol. The lowest BCUT2D eigenvalue weighted by atomic mass is 9.98. The van der Waals surface area contributed by atoms with E-state index in [9.17, 15) is 29.1 Å². The summed E-state index contributed by atoms with van der Waals surface area (Å²) < 4.78 is 5.69. The number of carboxylic acid groups (broad SMARTS) is 1. The van der Waals surface area contributed by atoms with Crippen molar-refractivity contribution in [3.8, 4) is 16.9 Å². The number of nitrogens with zero attached hydrogens (tertiary/aromatic N) is 1. The monoisotopic (exact) mass is 753 g/mol. The first-order chi connectivity index (χ1) is 27.2. The highest BCUT2D eigenvalue weighted by Crippen LogP contribution is 2.20. The Hall–Kier alpha value is -6.82. The maximum atomic E-state index is 14.3. The predicted molar refractivity (Wildman–Crippen MR) is 209 cm³/mol. The van der Waals surface area contributed by atoms with E-state index in [0.717, 1.165) is 27.8 Å². The molecule has 0 saturated heterocycles. The molecule has 0 aliphatic carbocycles. The Kier molecular flexibility index (Phi) is 13.2. The molecule has 7 rings (SSSR count). The lowest BCUT2D eigenvalue weighted by Crippen LogP contribution is -2.59. The average molecular weight is 754 g/mol. The number of fused-ring (bicyclic) bond motifs is 16. The van der Waals surface area contributed by atoms with E-state index >= 15 is 0 Å². The van der Waals surface area contributed by atoms with E-state index in [1.54, 1.807) is 48.8 Å². The molecule has 3 heterocycles. The minimum atomic E-state index is -1.31. The SMILES string of the molecule is O=C1COc2ccc(cc2)CC(C(=O)O)NC(=O)C(CCc2ccccc2)NC(=O)C(Cc2ccc(-c3ccccc3)cc2)NC(=O)C(Cc2ccncc2)N1. The summed E-state index contributed by atoms with van der Waals surface area (Å²) in [4.78, 5) is 72.1. The number of carboxylic acids is 1. The molecular formula is C44H43N5O7. The van der Waals surface area contributed by atoms with Gasteiger partial charge < -0.3 is 31.1 Å². The molecule has 0 fully saturated rings. The minimum Gasteiger partial charge on any atom is -0.484 e. The molecule has 2 bridgehead atoms. The number of pyridine rings is 1. The Morgan fingerprint density at radius 3 is 1.80 bits per heavy atom. The highest BCUT2D eigenvalue weighted by molar-refractivity contribution is 5.95. The predicted octanol–water partition coefficient (Wildman–Crippen LogP) is 3.83. The van der Waals surface area contributed by atoms with Gasteiger partial charge in [-0.05, 0) is 70.5 Å². The van der Waals surface area contributed by atoms with Gasteiger partial charge in [-0.1, -0.05) is 97.1 Å². The van der Waals surface area contributed by atoms with Crippen molar-refractivity contribution in [2.75, 3.05) is 6.61 Å². The average Bonchev–Trinajstić information content (AvgIpc) is 3.22. The van der Waals surface area contributed by atoms with Crippen LogP contribution in [0.4, 0.5) is 0 Å². The lowest BCUT2D eigenvalue weighted by molar-refractivity contribution is -0.142. The molecule has 1 aromatic heterocycles. The van der Waals surface area contributed by atoms with Gasteiger partial charge >= 0.3 is 5.97 Å². The maximum absolute atomic E-state index is 14.3. The van der Waals surface area contributed by atoms with E-state index in [2.05, 4.69) is 26.3 Å². The highest BCUT2D eigenvalue weighted by atomic mass is 16.5. The van der Waals surface area contributed by atoms with Crippen LogP contribution in [-0.4, -0.2) is 70.5 Å². The fourth-order valence-electron chi connectivity index (χ4n) is 6.46. The van der Waals surface area contributed by atoms with E-state index < -0.39 is 60.4 Å². The number of hydrogen-bond donors (Lipinski definition) is 5. The summed E-state index contributed by atoms with van der Waals surface area (Å²) in [6.07, 6.45) is 3.80. The zero-order valence-corrected chi connectivity index (χ0v) is 30.6. The van der Waals surface area contributed by atoms with E-state index in [0.29, 0.717) is 17.7 Å². The van der Waals surface area contributed by atoms with Crippen LogP contribution >= 0.6 is 0 Å². The zero-order chi connectivity index (χ0) is 39.3. The van der Waals surface area contributed by atoms with Crippen molar-refractivity contribution in [1.82, 2.24) is 26.3 Å². The van der Waals surface area contributed by atoms with E-state index in [1.165, 1.54) is 0 Å². The molecule has 12 nitrogen and oxygen atoms in total. The molecule has 4 aromatic carbocycles. The van der Waals surface area contributed by atoms with Gasteiger partial charge in [0.15, 0.2) is 6.61 Å². The van der Waals surface area contributed by atoms with Crippen LogP contribution in [0.3, 0.4) is 0 Å². The van der Waals surface area contributed by atoms with Gasteiger partial charge in [0.1, 0.15) is 29.9 Å². The molecule has 0 radical (unpaired) electrons. The number of aromatic nitrogens is 1. The quantitative estimate of drug-likeness (QED) is 0.141. The second kappa shape index (κ2) is 19.0. The van der Waals surface area contributed by atoms with Crippen molar-refractivity contribution in [3.63, 3.8) is 0 Å². The van der Waals surface area contributed by atoms with Gasteiger partial charge in [-0.3, -0.25) is 24.2 Å². The molecule has 56 heavy (non-hydrogen) atoms. The summed E-state index contributed by atoms with van der Waals surface area (Å²) in [7, 11) is 0. The van der Waals surface area contributed by atoms with Crippen LogP contribution in [0.1, 0.15) is 28.7 Å². The van der Waals surface area contributed by atoms with Crippen molar-refractivity contribution in [3.05, 3.63) is 156 Å². The van der Waals surface area contributed by atoms with E-state index in [4.69, 9.17) is 4.74 Å². The van der Waals surface area contributed by atoms with Crippen molar-refractivity contribution in [1.29, 1.82) is 0 Å². The van der Waals surface area contributed by atoms with E-state index in [-0.39, 0.29) is 25.7 Å². The molecule has 12 heteroatoms. The van der Waals surface area contributed by atoms with Crippen molar-refractivity contribution in [2.24, 2.45) is 0 Å². The number of aryl methyl sites for hydroxylation is 1. The van der Waals surface area contributed by atoms with Crippen LogP contribution in [0.15, 0.2) is 134 Å². The van der Waals surface area contributed by atoms with E-state index in [1.807, 2.05) is 84.9 Å². The fraction of sp³-hybridized carbons (Fsp3) is 0.227. The third kappa shape index (κ3) is 11.1. The number of carbonyl (C=O) groups excluding carboxylic acids is 4. The first-order valence-electron chi connectivity index (χ1n) is 18.4. The highest BCUT2D eigenvalue weighted by Gasteiger charge is 2.32. The van der Waals surface area contributed by atoms with Gasteiger partial charge in [-0.15, -0.1) is 0 Å². The van der Waals surface area contributed by atoms with Crippen LogP contribution in [0.5, 0.6) is 5.75 Å². The third-order valence-electron chi connectivity index (χ3n) is 9.52. The molecule has 2 aliphatic heterocycles. The van der Waals surface area contributed by atoms with Gasteiger partial charge in [0, 0.05) is 31.7 Å². The molecule has 5 N–H and O–H groups in total. The number of hydrogen-bond acceptors (Lipinski definition) is 7. The van der Waals surface area contributed by atoms with Crippen molar-refractivity contribution < 1.29 is 33.8 Å². The lowest BCUT2D eigenvalue weighted by Gasteiger charge is -2.26. The minimum absolute atomic E-state index is 0.0461. The molecule has 2 aliphatic rings. The first-order valence-corrected chi connectivity index (χ1v) is 18.4. The normalized spacial score (nSPS) is 19.5. The Morgan fingerprint density at radius 1 is 0.607 bits per heavy atom. The van der Waals surface area contributed by atoms with Gasteiger partial charge in [-0.2, -0.15) is 0 Å². The standard InChI is InChI=1S/C44H43N5O7/c50-40-28-56-35-18-13-31(14-19-35)27-39(44(54)55)49-41(51)36(20-15-29-7-3-1-4-8-29)47-43(53)38(48-42(52)37(46-40)26-32-21-23-45-24-22-32)25-30-11-16-34(17-12-30)33-9-5-2-6-10-33/h1-14,16-19,21-24,36-39H,15,20,25-28H2,(H,46,50)(H,47,53)(H,48,52)(H,49,51)(H,54,55). The fourth-order valence-corrected chi connectivity index (χ4v) is 6.46. The number of amides is 4. The van der Waals surface area contributed by atoms with Gasteiger partial charge in [-0.25, -0.2) is 4.79 Å². The number of ether oxygens (including phenoxy) is 1. The molecule has 4 atom stereocenters. The first kappa shape index (κ1) is 38.9. The number of benzene rings is 4. The van der Waals surface area contributed by atoms with Crippen LogP contribution in [0, 0.1) is 0 Å². The summed E-state index contributed by atoms with van der Waals surface area (Å²) in [5.74, 6) is -3.44. The Labute approximate surface area is 324 Å². The summed E-state index contributed by atoms with van der Waals surface area (Å²) in [5, 5.41) is 21.2. The van der Waals surface area contributed by atoms with Gasteiger partial charge in [0.2, 0.25) is 17.7 Å². The van der Waals surface area contributed by atoms with Crippen LogP contribution < -0.4 is 26.0 Å². The molecule has 4 unspecified atom stereocenters. The molecule has 5 aromatic rings. The van der Waals surface area contributed by atoms with Crippen LogP contribution in [0.2, 0.25) is 0 Å². The van der Waals surface area contributed by atoms with Crippen LogP contribution in [0.25, 0.3) is 11.1 Å². The topological polar surface area (TPSA) is 176 Å². The number of aliphatic carboxylic acids is 1. The number of rotatable bonds is 9. The van der Waals surface area contributed by atoms with Crippen LogP contribution in [-0.2, 0) is 49.7 Å². The van der Waals surface area contributed by atoms with Crippen molar-refractivity contribution >= 4 is 29.6 Å². The van der Waals surface area contributed by atoms with Gasteiger partial charge in [0.25, 0.3) is 5.91 Å². The molecule has 0 spiro atoms. The summed E-state index contributed by atoms with van der Waals surface area (Å²) in [6, 6.07) is 32.0. The number of nitrogens with one attached hydrogen (secondary N) is 4. The molecule has 4 amide bonds. The summed E-state index contributed by atoms with van der Waals surface area (Å²) in [6.45, 7) is -0.409. The zero-order valence-electron chi connectivity index (χ0n) is 30.6. The maximum Gasteiger partial charge on any atom is 0.326 e. The second-order valence-corrected chi connectivity index (χ2v) is 13.6. The van der Waals surface area contributed by atoms with Crippen molar-refractivity contribution in [2.45, 2.75) is 56.3 Å². The Balaban J connectivity index is 1.33. The largest absolute Gasteiger partial charge is 0.484 e. The summed E-state index contributed by atoms with van der Waals surface area (Å²) in [5.41, 5.74) is 4.94. The molecule has 286 valence electrons. The summed E-state index contributed by atoms with van der Waals surface area (Å²) >= 11 is 0. The molecule has 0 saturated carbocycles. The Morgan fingerprint density at radius 2 is 1.16 bits per heavy atom. The van der Waals surface area contributed by atoms with Gasteiger partial charge in [0.05, 0.1) is 0 Å². The Bertz CT molecular complexity index is 2100.